The van der Waals surface area contributed by atoms with E-state index in [2.05, 4.69) is 0 Å². The molecule has 1 aliphatic carbocycles. The number of amides is 1. The molecule has 2 rings (SSSR count). The van der Waals surface area contributed by atoms with E-state index in [9.17, 15) is 4.79 Å². The Kier molecular flexibility index (Phi) is 4.53. The van der Waals surface area contributed by atoms with Crippen molar-refractivity contribution in [1.82, 2.24) is 4.90 Å². The van der Waals surface area contributed by atoms with E-state index >= 15 is 0 Å². The van der Waals surface area contributed by atoms with E-state index in [-0.39, 0.29) is 11.3 Å². The van der Waals surface area contributed by atoms with E-state index in [0.29, 0.717) is 12.6 Å². The van der Waals surface area contributed by atoms with Gasteiger partial charge in [-0.25, -0.2) is 0 Å². The average Bonchev–Trinajstić information content (AvgIpc) is 3.05. The largest absolute Gasteiger partial charge is 0.467 e. The minimum Gasteiger partial charge on any atom is -0.467 e. The van der Waals surface area contributed by atoms with Crippen LogP contribution in [0.3, 0.4) is 0 Å². The van der Waals surface area contributed by atoms with Crippen molar-refractivity contribution in [1.29, 1.82) is 0 Å². The van der Waals surface area contributed by atoms with Crippen molar-refractivity contribution in [2.75, 3.05) is 0 Å². The van der Waals surface area contributed by atoms with Gasteiger partial charge in [-0.3, -0.25) is 4.79 Å². The molecule has 4 nitrogen and oxygen atoms in total. The van der Waals surface area contributed by atoms with E-state index in [1.54, 1.807) is 6.26 Å². The van der Waals surface area contributed by atoms with Crippen LogP contribution in [0.15, 0.2) is 22.8 Å². The number of nitrogens with two attached hydrogens (primary N) is 1. The van der Waals surface area contributed by atoms with Crippen molar-refractivity contribution in [2.45, 2.75) is 65.1 Å². The van der Waals surface area contributed by atoms with E-state index in [0.717, 1.165) is 18.6 Å². The van der Waals surface area contributed by atoms with Crippen LogP contribution in [0.1, 0.15) is 52.2 Å². The summed E-state index contributed by atoms with van der Waals surface area (Å²) < 4.78 is 5.40. The van der Waals surface area contributed by atoms with Crippen LogP contribution in [0.25, 0.3) is 0 Å². The normalized spacial score (nSPS) is 18.2. The van der Waals surface area contributed by atoms with Gasteiger partial charge in [0.1, 0.15) is 5.76 Å². The summed E-state index contributed by atoms with van der Waals surface area (Å²) in [6, 6.07) is 3.60. The van der Waals surface area contributed by atoms with Gasteiger partial charge in [-0.05, 0) is 30.4 Å². The van der Waals surface area contributed by atoms with Crippen LogP contribution >= 0.6 is 0 Å². The monoisotopic (exact) mass is 278 g/mol. The molecule has 1 aliphatic rings. The van der Waals surface area contributed by atoms with Crippen molar-refractivity contribution in [3.8, 4) is 0 Å². The highest BCUT2D eigenvalue weighted by atomic mass is 16.3. The molecule has 0 aliphatic heterocycles. The Morgan fingerprint density at radius 3 is 2.60 bits per heavy atom. The molecular formula is C16H26N2O2. The summed E-state index contributed by atoms with van der Waals surface area (Å²) in [4.78, 5) is 14.7. The summed E-state index contributed by atoms with van der Waals surface area (Å²) in [5, 5.41) is 0. The van der Waals surface area contributed by atoms with Crippen molar-refractivity contribution in [3.63, 3.8) is 0 Å². The molecule has 1 heterocycles. The summed E-state index contributed by atoms with van der Waals surface area (Å²) in [6.45, 7) is 6.56. The smallest absolute Gasteiger partial charge is 0.240 e. The molecule has 0 saturated heterocycles. The second-order valence-corrected chi connectivity index (χ2v) is 6.83. The molecule has 4 heteroatoms. The van der Waals surface area contributed by atoms with Crippen molar-refractivity contribution in [2.24, 2.45) is 11.1 Å². The topological polar surface area (TPSA) is 59.5 Å². The van der Waals surface area contributed by atoms with Gasteiger partial charge in [0.2, 0.25) is 5.91 Å². The van der Waals surface area contributed by atoms with Gasteiger partial charge in [0.05, 0.1) is 18.8 Å². The van der Waals surface area contributed by atoms with Gasteiger partial charge in [-0.2, -0.15) is 0 Å². The maximum absolute atomic E-state index is 12.8. The Bertz CT molecular complexity index is 428. The predicted molar refractivity (Wildman–Crippen MR) is 78.9 cm³/mol. The molecule has 1 aromatic rings. The van der Waals surface area contributed by atoms with Crippen LogP contribution in [-0.2, 0) is 11.3 Å². The molecule has 1 aromatic heterocycles. The Morgan fingerprint density at radius 2 is 2.10 bits per heavy atom. The number of furan rings is 1. The van der Waals surface area contributed by atoms with Gasteiger partial charge < -0.3 is 15.1 Å². The third kappa shape index (κ3) is 3.42. The average molecular weight is 278 g/mol. The first-order valence-corrected chi connectivity index (χ1v) is 7.48. The highest BCUT2D eigenvalue weighted by Gasteiger charge is 2.35. The fraction of sp³-hybridized carbons (Fsp3) is 0.688. The number of rotatable bonds is 4. The maximum Gasteiger partial charge on any atom is 0.240 e. The number of hydrogen-bond donors (Lipinski definition) is 1. The third-order valence-corrected chi connectivity index (χ3v) is 4.15. The molecule has 2 N–H and O–H groups in total. The lowest BCUT2D eigenvalue weighted by Gasteiger charge is -2.35. The van der Waals surface area contributed by atoms with Gasteiger partial charge >= 0.3 is 0 Å². The van der Waals surface area contributed by atoms with Gasteiger partial charge in [0.25, 0.3) is 0 Å². The highest BCUT2D eigenvalue weighted by molar-refractivity contribution is 5.82. The van der Waals surface area contributed by atoms with Crippen LogP contribution < -0.4 is 5.73 Å². The first kappa shape index (κ1) is 15.1. The number of carbonyl (C=O) groups is 1. The molecule has 1 saturated carbocycles. The lowest BCUT2D eigenvalue weighted by atomic mass is 9.86. The van der Waals surface area contributed by atoms with Crippen molar-refractivity contribution >= 4 is 5.91 Å². The van der Waals surface area contributed by atoms with Crippen molar-refractivity contribution in [3.05, 3.63) is 24.2 Å². The van der Waals surface area contributed by atoms with E-state index in [4.69, 9.17) is 10.2 Å². The summed E-state index contributed by atoms with van der Waals surface area (Å²) in [5.74, 6) is 0.868. The van der Waals surface area contributed by atoms with E-state index in [1.807, 2.05) is 37.8 Å². The van der Waals surface area contributed by atoms with Crippen LogP contribution in [0.4, 0.5) is 0 Å². The fourth-order valence-electron chi connectivity index (χ4n) is 2.72. The number of carbonyl (C=O) groups excluding carboxylic acids is 1. The SMILES string of the molecule is CC(C)(C)C(N)C(=O)N(Cc1ccco1)C1CCCC1. The molecule has 1 atom stereocenters. The Hall–Kier alpha value is -1.29. The first-order valence-electron chi connectivity index (χ1n) is 7.48. The van der Waals surface area contributed by atoms with E-state index in [1.165, 1.54) is 12.8 Å². The highest BCUT2D eigenvalue weighted by Crippen LogP contribution is 2.28. The maximum atomic E-state index is 12.8. The molecule has 0 bridgehead atoms. The minimum atomic E-state index is -0.474. The molecule has 20 heavy (non-hydrogen) atoms. The molecular weight excluding hydrogens is 252 g/mol. The van der Waals surface area contributed by atoms with E-state index < -0.39 is 6.04 Å². The molecule has 0 radical (unpaired) electrons. The van der Waals surface area contributed by atoms with Crippen LogP contribution in [0.2, 0.25) is 0 Å². The van der Waals surface area contributed by atoms with Crippen LogP contribution in [0, 0.1) is 5.41 Å². The quantitative estimate of drug-likeness (QED) is 0.921. The second kappa shape index (κ2) is 6.00. The predicted octanol–water partition coefficient (Wildman–Crippen LogP) is 2.92. The summed E-state index contributed by atoms with van der Waals surface area (Å²) in [5.41, 5.74) is 5.94. The zero-order chi connectivity index (χ0) is 14.8. The number of hydrogen-bond acceptors (Lipinski definition) is 3. The zero-order valence-corrected chi connectivity index (χ0v) is 12.8. The summed E-state index contributed by atoms with van der Waals surface area (Å²) in [6.07, 6.45) is 6.18. The molecule has 0 spiro atoms. The molecule has 112 valence electrons. The summed E-state index contributed by atoms with van der Waals surface area (Å²) in [7, 11) is 0. The van der Waals surface area contributed by atoms with Crippen molar-refractivity contribution < 1.29 is 9.21 Å². The molecule has 1 amide bonds. The van der Waals surface area contributed by atoms with Gasteiger partial charge in [-0.15, -0.1) is 0 Å². The second-order valence-electron chi connectivity index (χ2n) is 6.83. The lowest BCUT2D eigenvalue weighted by molar-refractivity contribution is -0.138. The third-order valence-electron chi connectivity index (χ3n) is 4.15. The summed E-state index contributed by atoms with van der Waals surface area (Å²) >= 11 is 0. The first-order chi connectivity index (χ1) is 9.39. The zero-order valence-electron chi connectivity index (χ0n) is 12.8. The molecule has 1 fully saturated rings. The minimum absolute atomic E-state index is 0.0424. The Morgan fingerprint density at radius 1 is 1.45 bits per heavy atom. The molecule has 1 unspecified atom stereocenters. The standard InChI is InChI=1S/C16H26N2O2/c1-16(2,3)14(17)15(19)18(12-7-4-5-8-12)11-13-9-6-10-20-13/h6,9-10,12,14H,4-5,7-8,11,17H2,1-3H3. The van der Waals surface area contributed by atoms with Crippen LogP contribution in [-0.4, -0.2) is 22.9 Å². The number of nitrogens with zero attached hydrogens (tertiary/aromatic N) is 1. The van der Waals surface area contributed by atoms with Crippen LogP contribution in [0.5, 0.6) is 0 Å². The molecule has 0 aromatic carbocycles. The fourth-order valence-corrected chi connectivity index (χ4v) is 2.72. The Labute approximate surface area is 121 Å². The lowest BCUT2D eigenvalue weighted by Crippen LogP contribution is -2.52. The van der Waals surface area contributed by atoms with Gasteiger partial charge in [0, 0.05) is 6.04 Å². The van der Waals surface area contributed by atoms with Gasteiger partial charge in [-0.1, -0.05) is 33.6 Å². The Balaban J connectivity index is 2.15. The van der Waals surface area contributed by atoms with Gasteiger partial charge in [0.15, 0.2) is 0 Å².